The Balaban J connectivity index is 1.91. The maximum atomic E-state index is 5.45. The number of hydroxylamine groups is 1. The summed E-state index contributed by atoms with van der Waals surface area (Å²) >= 11 is 5.45. The van der Waals surface area contributed by atoms with Crippen molar-refractivity contribution in [3.8, 4) is 0 Å². The third-order valence-electron chi connectivity index (χ3n) is 2.01. The Hall–Kier alpha value is -0.0500. The molecule has 0 radical (unpaired) electrons. The summed E-state index contributed by atoms with van der Waals surface area (Å²) in [5, 5.41) is 0. The van der Waals surface area contributed by atoms with Crippen molar-refractivity contribution >= 4 is 11.6 Å². The van der Waals surface area contributed by atoms with Crippen LogP contribution in [-0.2, 0) is 4.84 Å². The molecule has 0 aromatic carbocycles. The molecule has 0 bridgehead atoms. The van der Waals surface area contributed by atoms with Gasteiger partial charge in [-0.15, -0.1) is 11.6 Å². The molecule has 12 heavy (non-hydrogen) atoms. The fraction of sp³-hybridized carbons (Fsp3) is 0.778. The quantitative estimate of drug-likeness (QED) is 0.310. The molecule has 1 aliphatic carbocycles. The van der Waals surface area contributed by atoms with E-state index in [9.17, 15) is 0 Å². The summed E-state index contributed by atoms with van der Waals surface area (Å²) < 4.78 is 0. The van der Waals surface area contributed by atoms with Crippen molar-refractivity contribution in [3.63, 3.8) is 0 Å². The summed E-state index contributed by atoms with van der Waals surface area (Å²) in [6, 6.07) is 0. The zero-order valence-electron chi connectivity index (χ0n) is 7.26. The van der Waals surface area contributed by atoms with Gasteiger partial charge in [-0.05, 0) is 12.8 Å². The van der Waals surface area contributed by atoms with Crippen molar-refractivity contribution in [2.75, 3.05) is 12.4 Å². The number of halogens is 1. The van der Waals surface area contributed by atoms with Crippen molar-refractivity contribution < 1.29 is 4.84 Å². The summed E-state index contributed by atoms with van der Waals surface area (Å²) in [5.74, 6) is 0.575. The lowest BCUT2D eigenvalue weighted by atomic mass is 10.3. The highest BCUT2D eigenvalue weighted by atomic mass is 35.5. The van der Waals surface area contributed by atoms with Crippen LogP contribution in [0.25, 0.3) is 0 Å². The molecule has 0 unspecified atom stereocenters. The van der Waals surface area contributed by atoms with Gasteiger partial charge in [-0.1, -0.05) is 25.0 Å². The number of nitrogens with one attached hydrogen (secondary N) is 1. The van der Waals surface area contributed by atoms with Crippen LogP contribution in [0, 0.1) is 0 Å². The summed E-state index contributed by atoms with van der Waals surface area (Å²) in [4.78, 5) is 5.41. The van der Waals surface area contributed by atoms with Crippen molar-refractivity contribution in [1.82, 2.24) is 5.48 Å². The zero-order valence-corrected chi connectivity index (χ0v) is 8.02. The van der Waals surface area contributed by atoms with Gasteiger partial charge in [-0.25, -0.2) is 0 Å². The first-order valence-corrected chi connectivity index (χ1v) is 5.06. The van der Waals surface area contributed by atoms with Gasteiger partial charge in [0, 0.05) is 12.4 Å². The average molecular weight is 190 g/mol. The molecule has 1 saturated carbocycles. The number of allylic oxidation sites excluding steroid dienone is 1. The highest BCUT2D eigenvalue weighted by molar-refractivity contribution is 6.18. The minimum Gasteiger partial charge on any atom is -0.298 e. The van der Waals surface area contributed by atoms with E-state index in [-0.39, 0.29) is 0 Å². The molecule has 70 valence electrons. The van der Waals surface area contributed by atoms with E-state index in [1.165, 1.54) is 25.7 Å². The van der Waals surface area contributed by atoms with Crippen molar-refractivity contribution in [2.45, 2.75) is 31.8 Å². The van der Waals surface area contributed by atoms with Crippen LogP contribution in [0.3, 0.4) is 0 Å². The minimum atomic E-state index is 0.439. The Labute approximate surface area is 78.9 Å². The number of alkyl halides is 1. The van der Waals surface area contributed by atoms with Crippen molar-refractivity contribution in [1.29, 1.82) is 0 Å². The second kappa shape index (κ2) is 6.46. The number of rotatable bonds is 5. The Bertz CT molecular complexity index is 132. The fourth-order valence-corrected chi connectivity index (χ4v) is 1.49. The Morgan fingerprint density at radius 1 is 1.33 bits per heavy atom. The molecule has 0 saturated heterocycles. The van der Waals surface area contributed by atoms with Crippen LogP contribution < -0.4 is 5.48 Å². The minimum absolute atomic E-state index is 0.439. The van der Waals surface area contributed by atoms with Gasteiger partial charge in [0.1, 0.15) is 0 Å². The maximum Gasteiger partial charge on any atom is 0.0790 e. The van der Waals surface area contributed by atoms with Crippen molar-refractivity contribution in [2.24, 2.45) is 0 Å². The zero-order chi connectivity index (χ0) is 8.65. The van der Waals surface area contributed by atoms with Gasteiger partial charge in [0.05, 0.1) is 6.10 Å². The Kier molecular flexibility index (Phi) is 5.41. The Morgan fingerprint density at radius 3 is 2.75 bits per heavy atom. The van der Waals surface area contributed by atoms with E-state index < -0.39 is 0 Å². The largest absolute Gasteiger partial charge is 0.298 e. The molecule has 0 aromatic rings. The normalized spacial score (nSPS) is 19.4. The maximum absolute atomic E-state index is 5.45. The lowest BCUT2D eigenvalue weighted by Gasteiger charge is -2.09. The molecule has 0 heterocycles. The first kappa shape index (κ1) is 10.0. The van der Waals surface area contributed by atoms with Crippen LogP contribution in [0.15, 0.2) is 12.2 Å². The molecule has 0 amide bonds. The molecular formula is C9H16ClNO. The molecule has 1 rings (SSSR count). The molecule has 1 aliphatic rings. The van der Waals surface area contributed by atoms with Gasteiger partial charge in [-0.3, -0.25) is 4.84 Å². The predicted molar refractivity (Wildman–Crippen MR) is 51.2 cm³/mol. The molecule has 1 N–H and O–H groups in total. The summed E-state index contributed by atoms with van der Waals surface area (Å²) in [5.41, 5.74) is 2.92. The van der Waals surface area contributed by atoms with Crippen LogP contribution in [-0.4, -0.2) is 18.5 Å². The summed E-state index contributed by atoms with van der Waals surface area (Å²) in [7, 11) is 0. The summed E-state index contributed by atoms with van der Waals surface area (Å²) in [6.07, 6.45) is 9.34. The molecule has 3 heteroatoms. The van der Waals surface area contributed by atoms with Gasteiger partial charge in [-0.2, -0.15) is 5.48 Å². The summed E-state index contributed by atoms with van der Waals surface area (Å²) in [6.45, 7) is 0.753. The first-order chi connectivity index (χ1) is 5.93. The lowest BCUT2D eigenvalue weighted by Crippen LogP contribution is -2.21. The molecule has 0 aliphatic heterocycles. The molecule has 0 aromatic heterocycles. The van der Waals surface area contributed by atoms with Crippen LogP contribution >= 0.6 is 11.6 Å². The second-order valence-corrected chi connectivity index (χ2v) is 3.31. The van der Waals surface area contributed by atoms with E-state index in [0.29, 0.717) is 12.0 Å². The molecule has 0 spiro atoms. The van der Waals surface area contributed by atoms with Gasteiger partial charge in [0.2, 0.25) is 0 Å². The van der Waals surface area contributed by atoms with Crippen molar-refractivity contribution in [3.05, 3.63) is 12.2 Å². The van der Waals surface area contributed by atoms with E-state index in [1.807, 2.05) is 12.2 Å². The topological polar surface area (TPSA) is 21.3 Å². The van der Waals surface area contributed by atoms with Gasteiger partial charge < -0.3 is 0 Å². The van der Waals surface area contributed by atoms with Gasteiger partial charge in [0.15, 0.2) is 0 Å². The predicted octanol–water partition coefficient (Wildman–Crippen LogP) is 2.25. The van der Waals surface area contributed by atoms with E-state index >= 15 is 0 Å². The smallest absolute Gasteiger partial charge is 0.0790 e. The van der Waals surface area contributed by atoms with Crippen LogP contribution in [0.2, 0.25) is 0 Å². The third-order valence-corrected chi connectivity index (χ3v) is 2.19. The van der Waals surface area contributed by atoms with Crippen LogP contribution in [0.4, 0.5) is 0 Å². The second-order valence-electron chi connectivity index (χ2n) is 3.00. The van der Waals surface area contributed by atoms with Gasteiger partial charge in [0.25, 0.3) is 0 Å². The van der Waals surface area contributed by atoms with Gasteiger partial charge >= 0.3 is 0 Å². The Morgan fingerprint density at radius 2 is 2.08 bits per heavy atom. The standard InChI is InChI=1S/C9H16ClNO/c10-7-3-4-8-11-12-9-5-1-2-6-9/h3-4,9,11H,1-2,5-8H2/b4-3+. The molecular weight excluding hydrogens is 174 g/mol. The highest BCUT2D eigenvalue weighted by Crippen LogP contribution is 2.19. The highest BCUT2D eigenvalue weighted by Gasteiger charge is 2.14. The number of hydrogen-bond donors (Lipinski definition) is 1. The lowest BCUT2D eigenvalue weighted by molar-refractivity contribution is -0.0148. The van der Waals surface area contributed by atoms with E-state index in [0.717, 1.165) is 6.54 Å². The number of hydrogen-bond acceptors (Lipinski definition) is 2. The average Bonchev–Trinajstić information content (AvgIpc) is 2.57. The van der Waals surface area contributed by atoms with E-state index in [2.05, 4.69) is 5.48 Å². The van der Waals surface area contributed by atoms with E-state index in [4.69, 9.17) is 16.4 Å². The van der Waals surface area contributed by atoms with Crippen LogP contribution in [0.5, 0.6) is 0 Å². The third kappa shape index (κ3) is 4.10. The van der Waals surface area contributed by atoms with E-state index in [1.54, 1.807) is 0 Å². The monoisotopic (exact) mass is 189 g/mol. The first-order valence-electron chi connectivity index (χ1n) is 4.53. The molecule has 2 nitrogen and oxygen atoms in total. The molecule has 0 atom stereocenters. The SMILES string of the molecule is ClC/C=C/CNOC1CCCC1. The molecule has 1 fully saturated rings. The van der Waals surface area contributed by atoms with Crippen LogP contribution in [0.1, 0.15) is 25.7 Å². The fourth-order valence-electron chi connectivity index (χ4n) is 1.37.